The molecule has 34 valence electrons. The van der Waals surface area contributed by atoms with E-state index in [1.807, 2.05) is 0 Å². The summed E-state index contributed by atoms with van der Waals surface area (Å²) in [6.45, 7) is 1.77. The molecule has 0 spiro atoms. The molecule has 0 saturated carbocycles. The Kier molecular flexibility index (Phi) is 13.8. The molecule has 0 bridgehead atoms. The summed E-state index contributed by atoms with van der Waals surface area (Å²) in [7, 11) is 0. The molecule has 0 rings (SSSR count). The van der Waals surface area contributed by atoms with Crippen molar-refractivity contribution < 1.29 is 22.2 Å². The quantitative estimate of drug-likeness (QED) is 0.368. The first-order chi connectivity index (χ1) is 2.41. The fourth-order valence-corrected chi connectivity index (χ4v) is 0.0680. The van der Waals surface area contributed by atoms with E-state index in [0.717, 1.165) is 0 Å². The van der Waals surface area contributed by atoms with Crippen molar-refractivity contribution in [1.29, 1.82) is 0 Å². The van der Waals surface area contributed by atoms with Crippen LogP contribution in [0.4, 0.5) is 0 Å². The third kappa shape index (κ3) is 9.05. The fraction of sp³-hybridized carbons (Fsp3) is 0.250. The van der Waals surface area contributed by atoms with E-state index in [2.05, 4.69) is 0 Å². The molecule has 0 aliphatic carbocycles. The zero-order valence-electron chi connectivity index (χ0n) is 3.47. The molecule has 0 aliphatic rings. The second-order valence-corrected chi connectivity index (χ2v) is 0.618. The van der Waals surface area contributed by atoms with Gasteiger partial charge in [0.25, 0.3) is 0 Å². The van der Waals surface area contributed by atoms with Crippen LogP contribution in [0, 0.1) is 0 Å². The Bertz CT molecular complexity index is 49.5. The topological polar surface area (TPSA) is 17.1 Å². The Labute approximate surface area is 48.2 Å². The molecule has 0 atom stereocenters. The molecule has 0 amide bonds. The van der Waals surface area contributed by atoms with Gasteiger partial charge in [0.15, 0.2) is 0 Å². The predicted octanol–water partition coefficient (Wildman–Crippen LogP) is 0.670. The van der Waals surface area contributed by atoms with Gasteiger partial charge >= 0.3 is 0 Å². The van der Waals surface area contributed by atoms with Crippen molar-refractivity contribution in [2.24, 2.45) is 0 Å². The Morgan fingerprint density at radius 2 is 2.17 bits per heavy atom. The van der Waals surface area contributed by atoms with Crippen LogP contribution in [0.1, 0.15) is 6.92 Å². The maximum atomic E-state index is 9.19. The second-order valence-electron chi connectivity index (χ2n) is 0.618. The van der Waals surface area contributed by atoms with E-state index in [1.165, 1.54) is 6.08 Å². The van der Waals surface area contributed by atoms with E-state index < -0.39 is 0 Å². The average molecular weight is 121 g/mol. The van der Waals surface area contributed by atoms with Crippen molar-refractivity contribution in [1.82, 2.24) is 0 Å². The Hall–Kier alpha value is -0.0575. The smallest absolute Gasteiger partial charge is 0 e. The van der Waals surface area contributed by atoms with Crippen molar-refractivity contribution in [3.05, 3.63) is 12.2 Å². The van der Waals surface area contributed by atoms with Gasteiger partial charge in [0, 0.05) is 17.4 Å². The first kappa shape index (κ1) is 9.34. The average Bonchev–Trinajstić information content (AvgIpc) is 1.41. The van der Waals surface area contributed by atoms with Crippen molar-refractivity contribution in [2.45, 2.75) is 6.92 Å². The van der Waals surface area contributed by atoms with Gasteiger partial charge in [-0.25, -0.2) is 6.08 Å². The van der Waals surface area contributed by atoms with Crippen LogP contribution in [0.2, 0.25) is 0 Å². The summed E-state index contributed by atoms with van der Waals surface area (Å²) in [4.78, 5) is 9.19. The number of hydrogen-bond acceptors (Lipinski definition) is 1. The second kappa shape index (κ2) is 8.87. The molecule has 1 nitrogen and oxygen atoms in total. The summed E-state index contributed by atoms with van der Waals surface area (Å²) in [5.74, 6) is 0. The maximum absolute atomic E-state index is 9.19. The van der Waals surface area contributed by atoms with Crippen LogP contribution in [-0.4, -0.2) is 6.29 Å². The maximum Gasteiger partial charge on any atom is 0 e. The monoisotopic (exact) mass is 121 g/mol. The minimum atomic E-state index is 0. The van der Waals surface area contributed by atoms with Crippen molar-refractivity contribution in [2.75, 3.05) is 0 Å². The third-order valence-electron chi connectivity index (χ3n) is 0.235. The molecule has 0 aromatic carbocycles. The molecule has 0 aromatic heterocycles. The molecule has 0 fully saturated rings. The van der Waals surface area contributed by atoms with Gasteiger partial charge in [-0.1, -0.05) is 0 Å². The molecule has 0 N–H and O–H groups in total. The Morgan fingerprint density at radius 1 is 1.67 bits per heavy atom. The van der Waals surface area contributed by atoms with Gasteiger partial charge in [-0.2, -0.15) is 6.08 Å². The van der Waals surface area contributed by atoms with E-state index in [-0.39, 0.29) is 17.4 Å². The minimum absolute atomic E-state index is 0. The van der Waals surface area contributed by atoms with E-state index in [9.17, 15) is 4.79 Å². The van der Waals surface area contributed by atoms with Crippen molar-refractivity contribution >= 4 is 6.29 Å². The van der Waals surface area contributed by atoms with Gasteiger partial charge in [-0.05, 0) is 6.29 Å². The molecule has 0 radical (unpaired) electrons. The molecule has 0 saturated heterocycles. The van der Waals surface area contributed by atoms with Crippen molar-refractivity contribution in [3.8, 4) is 0 Å². The molecule has 0 heterocycles. The SMILES string of the molecule is C/C=C/[C-]=O.[Cr]. The summed E-state index contributed by atoms with van der Waals surface area (Å²) in [5.41, 5.74) is 0. The summed E-state index contributed by atoms with van der Waals surface area (Å²) in [5, 5.41) is 0. The number of allylic oxidation sites excluding steroid dienone is 2. The van der Waals surface area contributed by atoms with E-state index in [1.54, 1.807) is 19.3 Å². The largest absolute Gasteiger partial charge is 0.419 e. The molecule has 0 aliphatic heterocycles. The van der Waals surface area contributed by atoms with Crippen LogP contribution in [0.3, 0.4) is 0 Å². The summed E-state index contributed by atoms with van der Waals surface area (Å²) in [6, 6.07) is 0. The molecule has 0 unspecified atom stereocenters. The molecular formula is C4H5CrO-. The predicted molar refractivity (Wildman–Crippen MR) is 20.5 cm³/mol. The van der Waals surface area contributed by atoms with Crippen LogP contribution in [0.5, 0.6) is 0 Å². The Balaban J connectivity index is 0. The van der Waals surface area contributed by atoms with E-state index >= 15 is 0 Å². The van der Waals surface area contributed by atoms with Gasteiger partial charge in [-0.3, -0.25) is 0 Å². The zero-order valence-corrected chi connectivity index (χ0v) is 4.75. The zero-order chi connectivity index (χ0) is 4.12. The van der Waals surface area contributed by atoms with Crippen molar-refractivity contribution in [3.63, 3.8) is 0 Å². The normalized spacial score (nSPS) is 7.50. The summed E-state index contributed by atoms with van der Waals surface area (Å²) >= 11 is 0. The Morgan fingerprint density at radius 3 is 2.17 bits per heavy atom. The minimum Gasteiger partial charge on any atom is -0.419 e. The number of carbonyl (C=O) groups excluding carboxylic acids is 1. The van der Waals surface area contributed by atoms with Crippen LogP contribution < -0.4 is 0 Å². The van der Waals surface area contributed by atoms with Gasteiger partial charge in [0.2, 0.25) is 0 Å². The van der Waals surface area contributed by atoms with Crippen LogP contribution in [0.25, 0.3) is 0 Å². The molecule has 0 aromatic rings. The fourth-order valence-electron chi connectivity index (χ4n) is 0.0680. The number of hydrogen-bond donors (Lipinski definition) is 0. The first-order valence-electron chi connectivity index (χ1n) is 1.40. The third-order valence-corrected chi connectivity index (χ3v) is 0.235. The molecular weight excluding hydrogens is 116 g/mol. The van der Waals surface area contributed by atoms with Gasteiger partial charge < -0.3 is 4.79 Å². The van der Waals surface area contributed by atoms with Gasteiger partial charge in [0.05, 0.1) is 0 Å². The summed E-state index contributed by atoms with van der Waals surface area (Å²) in [6.07, 6.45) is 4.54. The van der Waals surface area contributed by atoms with Gasteiger partial charge in [0.1, 0.15) is 0 Å². The van der Waals surface area contributed by atoms with Crippen LogP contribution in [0.15, 0.2) is 12.2 Å². The molecule has 6 heavy (non-hydrogen) atoms. The molecule has 2 heteroatoms. The van der Waals surface area contributed by atoms with E-state index in [0.29, 0.717) is 0 Å². The first-order valence-corrected chi connectivity index (χ1v) is 1.40. The van der Waals surface area contributed by atoms with Crippen LogP contribution >= 0.6 is 0 Å². The standard InChI is InChI=1S/C4H5O.Cr/c1-2-3-4-5;/h2-3H,1H3;/q-1;/b3-2+;. The van der Waals surface area contributed by atoms with Gasteiger partial charge in [-0.15, -0.1) is 6.92 Å². The van der Waals surface area contributed by atoms with E-state index in [4.69, 9.17) is 0 Å². The summed E-state index contributed by atoms with van der Waals surface area (Å²) < 4.78 is 0. The number of rotatable bonds is 1. The van der Waals surface area contributed by atoms with Crippen LogP contribution in [-0.2, 0) is 22.2 Å².